The van der Waals surface area contributed by atoms with E-state index < -0.39 is 17.5 Å². The minimum Gasteiger partial charge on any atom is -0.534 e. The number of aliphatic imine (C=N–C) groups is 1. The van der Waals surface area contributed by atoms with Gasteiger partial charge in [0.25, 0.3) is 5.91 Å². The SMILES string of the molecule is C=CC(=O)C(C)C.CCCC=Nc1c(C(=O)N2CC[C-]=C(C(=N)CCC)C2CC)ccc(Br)c1C.Oc1[c-]ccc(C(F)(F)F)c1.[Na+]. The summed E-state index contributed by atoms with van der Waals surface area (Å²) in [5.41, 5.74) is 2.99. The molecule has 0 fully saturated rings. The van der Waals surface area contributed by atoms with E-state index in [1.807, 2.05) is 44.0 Å². The van der Waals surface area contributed by atoms with Crippen LogP contribution in [0.5, 0.6) is 5.75 Å². The van der Waals surface area contributed by atoms with Gasteiger partial charge in [-0.2, -0.15) is 30.9 Å². The van der Waals surface area contributed by atoms with Gasteiger partial charge in [-0.25, -0.2) is 0 Å². The molecule has 2 aromatic rings. The van der Waals surface area contributed by atoms with Gasteiger partial charge in [0.15, 0.2) is 5.78 Å². The maximum Gasteiger partial charge on any atom is 1.00 e. The Balaban J connectivity index is 0.000000912. The Kier molecular flexibility index (Phi) is 21.0. The van der Waals surface area contributed by atoms with Crippen molar-refractivity contribution in [2.45, 2.75) is 92.3 Å². The quantitative estimate of drug-likeness (QED) is 0.119. The van der Waals surface area contributed by atoms with Crippen molar-refractivity contribution in [2.24, 2.45) is 10.9 Å². The molecule has 0 spiro atoms. The summed E-state index contributed by atoms with van der Waals surface area (Å²) >= 11 is 3.56. The topological polar surface area (TPSA) is 93.8 Å². The molecule has 47 heavy (non-hydrogen) atoms. The van der Waals surface area contributed by atoms with Gasteiger partial charge in [0.2, 0.25) is 0 Å². The first-order valence-electron chi connectivity index (χ1n) is 15.4. The number of phenols is 1. The standard InChI is InChI=1S/C23H31BrN3O.C7H4F3O.C6H10O.Na/c1-5-8-14-26-22-16(4)19(24)13-12-18(22)23(28)27-15-9-11-17(21(27)7-3)20(25)10-6-2;8-7(9,10)5-2-1-3-6(11)4-5;1-4-6(7)5(2)3;/h12-14,21,25H,5-10,15H2,1-4H3;1-2,4,11H;4-5H,1H2,2-3H3;/q2*-1;;+1. The van der Waals surface area contributed by atoms with Crippen molar-refractivity contribution in [3.8, 4) is 5.75 Å². The molecule has 0 saturated heterocycles. The molecular formula is C36H45BrF3N3NaO3-. The maximum absolute atomic E-state index is 13.5. The molecule has 0 bridgehead atoms. The fourth-order valence-electron chi connectivity index (χ4n) is 4.42. The summed E-state index contributed by atoms with van der Waals surface area (Å²) in [5.74, 6) is -0.285. The van der Waals surface area contributed by atoms with E-state index in [2.05, 4.69) is 60.4 Å². The number of hydrogen-bond donors (Lipinski definition) is 2. The number of hydrogen-bond acceptors (Lipinski definition) is 5. The molecule has 0 saturated carbocycles. The first-order chi connectivity index (χ1) is 21.6. The van der Waals surface area contributed by atoms with E-state index in [4.69, 9.17) is 10.5 Å². The zero-order chi connectivity index (χ0) is 35.0. The Labute approximate surface area is 308 Å². The van der Waals surface area contributed by atoms with E-state index in [-0.39, 0.29) is 53.2 Å². The molecule has 3 rings (SSSR count). The van der Waals surface area contributed by atoms with E-state index >= 15 is 0 Å². The van der Waals surface area contributed by atoms with Crippen LogP contribution < -0.4 is 29.6 Å². The van der Waals surface area contributed by atoms with Crippen molar-refractivity contribution in [3.05, 3.63) is 81.9 Å². The first kappa shape index (κ1) is 44.5. The Morgan fingerprint density at radius 1 is 1.21 bits per heavy atom. The van der Waals surface area contributed by atoms with Gasteiger partial charge in [-0.3, -0.25) is 20.7 Å². The molecule has 0 radical (unpaired) electrons. The normalized spacial score (nSPS) is 14.2. The zero-order valence-electron chi connectivity index (χ0n) is 28.5. The number of unbranched alkanes of at least 4 members (excludes halogenated alkanes) is 1. The molecular weight excluding hydrogens is 682 g/mol. The monoisotopic (exact) mass is 726 g/mol. The van der Waals surface area contributed by atoms with Gasteiger partial charge in [-0.1, -0.05) is 88.4 Å². The van der Waals surface area contributed by atoms with Crippen LogP contribution >= 0.6 is 15.9 Å². The zero-order valence-corrected chi connectivity index (χ0v) is 32.1. The van der Waals surface area contributed by atoms with Gasteiger partial charge in [0, 0.05) is 34.9 Å². The van der Waals surface area contributed by atoms with Crippen LogP contribution in [0, 0.1) is 30.4 Å². The van der Waals surface area contributed by atoms with Crippen LogP contribution in [0.2, 0.25) is 0 Å². The van der Waals surface area contributed by atoms with E-state index in [9.17, 15) is 22.8 Å². The minimum atomic E-state index is -4.40. The molecule has 11 heteroatoms. The summed E-state index contributed by atoms with van der Waals surface area (Å²) in [6.45, 7) is 15.9. The minimum absolute atomic E-state index is 0. The number of nitrogens with zero attached hydrogens (tertiary/aromatic N) is 2. The number of allylic oxidation sites excluding steroid dienone is 1. The number of halogens is 4. The number of nitrogens with one attached hydrogen (secondary N) is 1. The van der Waals surface area contributed by atoms with Crippen LogP contribution in [-0.4, -0.2) is 46.2 Å². The van der Waals surface area contributed by atoms with Crippen molar-refractivity contribution >= 4 is 45.2 Å². The molecule has 1 unspecified atom stereocenters. The van der Waals surface area contributed by atoms with Gasteiger partial charge < -0.3 is 15.4 Å². The number of phenolic OH excluding ortho intramolecular Hbond substituents is 1. The summed E-state index contributed by atoms with van der Waals surface area (Å²) in [4.78, 5) is 30.5. The number of rotatable bonds is 10. The third-order valence-corrected chi connectivity index (χ3v) is 7.83. The van der Waals surface area contributed by atoms with Crippen LogP contribution in [-0.2, 0) is 11.0 Å². The van der Waals surface area contributed by atoms with Crippen molar-refractivity contribution in [1.29, 1.82) is 5.41 Å². The Morgan fingerprint density at radius 3 is 2.34 bits per heavy atom. The molecule has 2 N–H and O–H groups in total. The molecule has 2 aromatic carbocycles. The van der Waals surface area contributed by atoms with E-state index in [1.54, 1.807) is 0 Å². The number of amides is 1. The molecule has 0 aliphatic carbocycles. The van der Waals surface area contributed by atoms with Crippen molar-refractivity contribution in [1.82, 2.24) is 4.90 Å². The third-order valence-electron chi connectivity index (χ3n) is 6.97. The fourth-order valence-corrected chi connectivity index (χ4v) is 4.74. The van der Waals surface area contributed by atoms with Crippen LogP contribution in [0.4, 0.5) is 18.9 Å². The van der Waals surface area contributed by atoms with Crippen molar-refractivity contribution < 1.29 is 57.4 Å². The first-order valence-corrected chi connectivity index (χ1v) is 16.2. The molecule has 1 amide bonds. The number of alkyl halides is 3. The molecule has 0 aromatic heterocycles. The summed E-state index contributed by atoms with van der Waals surface area (Å²) in [5, 5.41) is 17.0. The van der Waals surface area contributed by atoms with Gasteiger partial charge in [0.05, 0.1) is 11.3 Å². The van der Waals surface area contributed by atoms with Gasteiger partial charge in [-0.15, -0.1) is 17.8 Å². The number of benzene rings is 2. The number of carbonyl (C=O) groups is 2. The number of ketones is 1. The molecule has 1 aliphatic heterocycles. The van der Waals surface area contributed by atoms with Crippen LogP contribution in [0.3, 0.4) is 0 Å². The second kappa shape index (κ2) is 22.2. The average Bonchev–Trinajstić information content (AvgIpc) is 3.02. The second-order valence-electron chi connectivity index (χ2n) is 10.9. The largest absolute Gasteiger partial charge is 1.00 e. The third kappa shape index (κ3) is 14.2. The van der Waals surface area contributed by atoms with Crippen LogP contribution in [0.15, 0.2) is 58.0 Å². The number of carbonyl (C=O) groups excluding carboxylic acids is 2. The van der Waals surface area contributed by atoms with E-state index in [0.29, 0.717) is 30.3 Å². The van der Waals surface area contributed by atoms with E-state index in [1.165, 1.54) is 6.08 Å². The molecule has 6 nitrogen and oxygen atoms in total. The van der Waals surface area contributed by atoms with Crippen LogP contribution in [0.1, 0.15) is 94.6 Å². The van der Waals surface area contributed by atoms with Gasteiger partial charge in [0.1, 0.15) is 0 Å². The Morgan fingerprint density at radius 2 is 1.87 bits per heavy atom. The van der Waals surface area contributed by atoms with Crippen molar-refractivity contribution in [2.75, 3.05) is 6.54 Å². The summed E-state index contributed by atoms with van der Waals surface area (Å²) in [7, 11) is 0. The van der Waals surface area contributed by atoms with Crippen molar-refractivity contribution in [3.63, 3.8) is 0 Å². The van der Waals surface area contributed by atoms with Crippen LogP contribution in [0.25, 0.3) is 0 Å². The predicted molar refractivity (Wildman–Crippen MR) is 183 cm³/mol. The average molecular weight is 728 g/mol. The molecule has 1 heterocycles. The molecule has 1 aliphatic rings. The second-order valence-corrected chi connectivity index (χ2v) is 11.7. The molecule has 252 valence electrons. The Hall–Kier alpha value is -2.53. The Bertz CT molecular complexity index is 1410. The van der Waals surface area contributed by atoms with Gasteiger partial charge in [-0.05, 0) is 43.5 Å². The smallest absolute Gasteiger partial charge is 0.534 e. The predicted octanol–water partition coefficient (Wildman–Crippen LogP) is 7.05. The summed E-state index contributed by atoms with van der Waals surface area (Å²) in [6.07, 6.45) is 7.25. The van der Waals surface area contributed by atoms with Gasteiger partial charge >= 0.3 is 35.7 Å². The summed E-state index contributed by atoms with van der Waals surface area (Å²) < 4.78 is 36.5. The van der Waals surface area contributed by atoms with E-state index in [0.717, 1.165) is 65.5 Å². The summed E-state index contributed by atoms with van der Waals surface area (Å²) in [6, 6.07) is 8.40. The maximum atomic E-state index is 13.5. The molecule has 1 atom stereocenters. The number of aromatic hydroxyl groups is 1. The fraction of sp³-hybridized carbons (Fsp3) is 0.444.